The molecule has 0 saturated carbocycles. The first-order valence-electron chi connectivity index (χ1n) is 16.3. The third-order valence-corrected chi connectivity index (χ3v) is 10.7. The Morgan fingerprint density at radius 3 is 2.23 bits per heavy atom. The van der Waals surface area contributed by atoms with Crippen LogP contribution < -0.4 is 16.4 Å². The summed E-state index contributed by atoms with van der Waals surface area (Å²) in [5, 5.41) is 15.6. The molecule has 5 N–H and O–H groups in total. The molecule has 0 aliphatic carbocycles. The Hall–Kier alpha value is -3.13. The van der Waals surface area contributed by atoms with Gasteiger partial charge in [0.15, 0.2) is 9.84 Å². The van der Waals surface area contributed by atoms with Gasteiger partial charge in [-0.2, -0.15) is 0 Å². The number of carbonyl (C=O) groups excluding carboxylic acids is 3. The fourth-order valence-electron chi connectivity index (χ4n) is 5.89. The lowest BCUT2D eigenvalue weighted by atomic mass is 10.0. The third kappa shape index (κ3) is 12.1. The zero-order valence-corrected chi connectivity index (χ0v) is 29.4. The lowest BCUT2D eigenvalue weighted by Gasteiger charge is -2.32. The van der Waals surface area contributed by atoms with Gasteiger partial charge in [-0.15, -0.1) is 12.4 Å². The summed E-state index contributed by atoms with van der Waals surface area (Å²) in [6, 6.07) is 6.89. The largest absolute Gasteiger partial charge is 0.390 e. The zero-order chi connectivity index (χ0) is 34.7. The number of nitrogens with zero attached hydrogens (tertiary/aromatic N) is 1. The highest BCUT2D eigenvalue weighted by molar-refractivity contribution is 7.92. The number of benzene rings is 2. The van der Waals surface area contributed by atoms with Crippen molar-refractivity contribution in [2.75, 3.05) is 12.3 Å². The normalized spacial score (nSPS) is 16.5. The van der Waals surface area contributed by atoms with Crippen LogP contribution in [-0.2, 0) is 43.6 Å². The molecule has 0 aromatic heterocycles. The van der Waals surface area contributed by atoms with Crippen molar-refractivity contribution in [3.63, 3.8) is 0 Å². The van der Waals surface area contributed by atoms with E-state index in [4.69, 9.17) is 5.73 Å². The summed E-state index contributed by atoms with van der Waals surface area (Å²) in [5.41, 5.74) is 8.17. The van der Waals surface area contributed by atoms with Gasteiger partial charge in [-0.3, -0.25) is 14.4 Å². The van der Waals surface area contributed by atoms with E-state index in [2.05, 4.69) is 10.6 Å². The fraction of sp³-hybridized carbons (Fsp3) is 0.559. The molecule has 3 amide bonds. The van der Waals surface area contributed by atoms with Crippen LogP contribution in [0.1, 0.15) is 76.0 Å². The number of nitrogens with one attached hydrogen (secondary N) is 2. The molecule has 1 fully saturated rings. The molecular formula is C34H49ClF2N4O6S. The van der Waals surface area contributed by atoms with Gasteiger partial charge in [0.2, 0.25) is 17.7 Å². The first-order valence-corrected chi connectivity index (χ1v) is 18.0. The Kier molecular flexibility index (Phi) is 16.4. The number of amides is 3. The van der Waals surface area contributed by atoms with Gasteiger partial charge < -0.3 is 26.4 Å². The van der Waals surface area contributed by atoms with Crippen LogP contribution in [0.4, 0.5) is 8.78 Å². The van der Waals surface area contributed by atoms with Gasteiger partial charge in [0.25, 0.3) is 0 Å². The first kappa shape index (κ1) is 41.0. The van der Waals surface area contributed by atoms with Gasteiger partial charge in [-0.05, 0) is 60.9 Å². The lowest BCUT2D eigenvalue weighted by Crippen LogP contribution is -2.57. The molecule has 3 rings (SSSR count). The molecule has 1 aliphatic rings. The zero-order valence-electron chi connectivity index (χ0n) is 27.8. The average Bonchev–Trinajstić information content (AvgIpc) is 3.45. The predicted octanol–water partition coefficient (Wildman–Crippen LogP) is 3.36. The van der Waals surface area contributed by atoms with Gasteiger partial charge in [0.05, 0.1) is 17.1 Å². The summed E-state index contributed by atoms with van der Waals surface area (Å²) in [6.07, 6.45) is 1.59. The second-order valence-corrected chi connectivity index (χ2v) is 14.7. The van der Waals surface area contributed by atoms with E-state index in [-0.39, 0.29) is 56.2 Å². The van der Waals surface area contributed by atoms with Gasteiger partial charge in [0, 0.05) is 31.6 Å². The van der Waals surface area contributed by atoms with Crippen LogP contribution in [0.25, 0.3) is 0 Å². The molecule has 1 aliphatic heterocycles. The molecule has 4 atom stereocenters. The Labute approximate surface area is 288 Å². The van der Waals surface area contributed by atoms with E-state index in [9.17, 15) is 36.7 Å². The van der Waals surface area contributed by atoms with Crippen molar-refractivity contribution in [1.82, 2.24) is 15.5 Å². The Morgan fingerprint density at radius 1 is 1.04 bits per heavy atom. The monoisotopic (exact) mass is 714 g/mol. The van der Waals surface area contributed by atoms with E-state index in [0.717, 1.165) is 30.2 Å². The maximum atomic E-state index is 14.3. The van der Waals surface area contributed by atoms with Crippen LogP contribution in [0.3, 0.4) is 0 Å². The predicted molar refractivity (Wildman–Crippen MR) is 183 cm³/mol. The molecule has 2 aromatic rings. The number of sulfone groups is 1. The van der Waals surface area contributed by atoms with E-state index in [1.807, 2.05) is 39.0 Å². The quantitative estimate of drug-likeness (QED) is 0.184. The Balaban J connectivity index is 0.00000800. The van der Waals surface area contributed by atoms with Crippen LogP contribution in [0, 0.1) is 11.6 Å². The minimum absolute atomic E-state index is 0. The second kappa shape index (κ2) is 19.2. The maximum Gasteiger partial charge on any atom is 0.246 e. The number of aryl methyl sites for hydroxylation is 1. The van der Waals surface area contributed by atoms with Crippen molar-refractivity contribution in [3.8, 4) is 0 Å². The van der Waals surface area contributed by atoms with Crippen molar-refractivity contribution in [2.24, 2.45) is 5.73 Å². The molecule has 0 unspecified atom stereocenters. The molecule has 0 bridgehead atoms. The summed E-state index contributed by atoms with van der Waals surface area (Å²) >= 11 is 0. The van der Waals surface area contributed by atoms with Crippen LogP contribution in [0.5, 0.6) is 0 Å². The van der Waals surface area contributed by atoms with E-state index < -0.39 is 68.5 Å². The number of hydrogen-bond donors (Lipinski definition) is 4. The van der Waals surface area contributed by atoms with E-state index in [1.54, 1.807) is 6.07 Å². The van der Waals surface area contributed by atoms with E-state index >= 15 is 0 Å². The number of aliphatic hydroxyl groups is 1. The molecule has 10 nitrogen and oxygen atoms in total. The van der Waals surface area contributed by atoms with E-state index in [0.29, 0.717) is 31.2 Å². The minimum atomic E-state index is -3.89. The number of rotatable bonds is 18. The topological polar surface area (TPSA) is 159 Å². The Morgan fingerprint density at radius 2 is 1.67 bits per heavy atom. The smallest absolute Gasteiger partial charge is 0.246 e. The maximum absolute atomic E-state index is 14.3. The highest BCUT2D eigenvalue weighted by Gasteiger charge is 2.37. The van der Waals surface area contributed by atoms with Crippen molar-refractivity contribution in [2.45, 2.75) is 108 Å². The molecule has 0 radical (unpaired) electrons. The van der Waals surface area contributed by atoms with Crippen LogP contribution in [0.15, 0.2) is 42.5 Å². The Bertz CT molecular complexity index is 1470. The number of halogens is 3. The third-order valence-electron chi connectivity index (χ3n) is 8.43. The molecule has 1 saturated heterocycles. The highest BCUT2D eigenvalue weighted by atomic mass is 35.5. The van der Waals surface area contributed by atoms with Crippen LogP contribution in [-0.4, -0.2) is 77.9 Å². The highest BCUT2D eigenvalue weighted by Crippen LogP contribution is 2.20. The summed E-state index contributed by atoms with van der Waals surface area (Å²) in [5.74, 6) is -4.00. The van der Waals surface area contributed by atoms with Gasteiger partial charge in [-0.25, -0.2) is 17.2 Å². The molecule has 14 heteroatoms. The fourth-order valence-corrected chi connectivity index (χ4v) is 8.05. The molecular weight excluding hydrogens is 666 g/mol. The molecule has 2 aromatic carbocycles. The summed E-state index contributed by atoms with van der Waals surface area (Å²) < 4.78 is 55.0. The summed E-state index contributed by atoms with van der Waals surface area (Å²) in [6.45, 7) is 5.33. The van der Waals surface area contributed by atoms with Gasteiger partial charge in [0.1, 0.15) is 23.7 Å². The lowest BCUT2D eigenvalue weighted by molar-refractivity contribution is -0.138. The standard InChI is InChI=1S/C34H48F2N4O6S.ClH/c1-4-8-27(9-5-2)47(45,46)21-30(39-33(43)29-12-13-32(42)38-29)34(44)40(19-23-11-7-10-22(6-3)14-23)20-31(41)28(37)17-24-15-25(35)18-26(36)16-24;/h7,10-11,14-16,18,27-31,41H,4-6,8-9,12-13,17,19-21,37H2,1-3H3,(H,38,42)(H,39,43);1H/t28-,29-,30-,31+;/m0./s1. The average molecular weight is 715 g/mol. The molecule has 1 heterocycles. The second-order valence-electron chi connectivity index (χ2n) is 12.4. The number of hydrogen-bond acceptors (Lipinski definition) is 7. The first-order chi connectivity index (χ1) is 22.3. The van der Waals surface area contributed by atoms with E-state index in [1.165, 1.54) is 4.90 Å². The van der Waals surface area contributed by atoms with Crippen LogP contribution >= 0.6 is 12.4 Å². The van der Waals surface area contributed by atoms with Crippen molar-refractivity contribution in [1.29, 1.82) is 0 Å². The molecule has 268 valence electrons. The van der Waals surface area contributed by atoms with Crippen molar-refractivity contribution >= 4 is 40.0 Å². The molecule has 0 spiro atoms. The van der Waals surface area contributed by atoms with Crippen LogP contribution in [0.2, 0.25) is 0 Å². The van der Waals surface area contributed by atoms with Crippen molar-refractivity contribution < 1.29 is 36.7 Å². The van der Waals surface area contributed by atoms with Gasteiger partial charge in [-0.1, -0.05) is 57.9 Å². The molecule has 48 heavy (non-hydrogen) atoms. The number of carbonyl (C=O) groups is 3. The summed E-state index contributed by atoms with van der Waals surface area (Å²) in [4.78, 5) is 40.7. The minimum Gasteiger partial charge on any atom is -0.390 e. The van der Waals surface area contributed by atoms with Crippen molar-refractivity contribution in [3.05, 3.63) is 70.8 Å². The summed E-state index contributed by atoms with van der Waals surface area (Å²) in [7, 11) is -3.89. The number of nitrogens with two attached hydrogens (primary N) is 1. The SMILES string of the molecule is CCCC(CCC)S(=O)(=O)C[C@H](NC(=O)[C@@H]1CCC(=O)N1)C(=O)N(Cc1cccc(CC)c1)C[C@@H](O)[C@@H](N)Cc1cc(F)cc(F)c1.Cl. The van der Waals surface area contributed by atoms with Gasteiger partial charge >= 0.3 is 0 Å². The number of aliphatic hydroxyl groups excluding tert-OH is 1.